The Bertz CT molecular complexity index is 625. The maximum absolute atomic E-state index is 13.1. The van der Waals surface area contributed by atoms with Crippen molar-refractivity contribution in [2.45, 2.75) is 38.1 Å². The van der Waals surface area contributed by atoms with Gasteiger partial charge in [-0.3, -0.25) is 4.79 Å². The van der Waals surface area contributed by atoms with Crippen LogP contribution in [0.15, 0.2) is 23.1 Å². The van der Waals surface area contributed by atoms with Gasteiger partial charge in [-0.2, -0.15) is 4.31 Å². The molecular weight excluding hydrogens is 285 g/mol. The van der Waals surface area contributed by atoms with E-state index >= 15 is 0 Å². The summed E-state index contributed by atoms with van der Waals surface area (Å²) in [7, 11) is -4.02. The van der Waals surface area contributed by atoms with Gasteiger partial charge in [-0.25, -0.2) is 12.8 Å². The lowest BCUT2D eigenvalue weighted by atomic mass is 10.1. The van der Waals surface area contributed by atoms with E-state index in [2.05, 4.69) is 0 Å². The summed E-state index contributed by atoms with van der Waals surface area (Å²) in [5, 5.41) is 9.20. The maximum Gasteiger partial charge on any atom is 0.324 e. The van der Waals surface area contributed by atoms with Crippen molar-refractivity contribution in [3.8, 4) is 0 Å². The molecule has 0 bridgehead atoms. The van der Waals surface area contributed by atoms with Gasteiger partial charge in [0.15, 0.2) is 0 Å². The third-order valence-corrected chi connectivity index (χ3v) is 5.45. The second kappa shape index (κ2) is 5.49. The molecule has 0 radical (unpaired) electrons. The van der Waals surface area contributed by atoms with Gasteiger partial charge in [0.05, 0.1) is 4.90 Å². The van der Waals surface area contributed by atoms with Crippen molar-refractivity contribution >= 4 is 16.0 Å². The van der Waals surface area contributed by atoms with E-state index in [9.17, 15) is 22.7 Å². The Hall–Kier alpha value is -1.47. The van der Waals surface area contributed by atoms with Crippen LogP contribution in [0.3, 0.4) is 0 Å². The number of aryl methyl sites for hydroxylation is 1. The first kappa shape index (κ1) is 16.6. The number of hydrogen-bond acceptors (Lipinski definition) is 3. The number of carboxylic acids is 1. The molecule has 112 valence electrons. The van der Waals surface area contributed by atoms with Crippen molar-refractivity contribution in [2.75, 3.05) is 6.54 Å². The van der Waals surface area contributed by atoms with Gasteiger partial charge >= 0.3 is 5.97 Å². The van der Waals surface area contributed by atoms with Gasteiger partial charge in [-0.05, 0) is 44.5 Å². The lowest BCUT2D eigenvalue weighted by Crippen LogP contribution is -2.52. The van der Waals surface area contributed by atoms with E-state index in [4.69, 9.17) is 0 Å². The molecule has 1 rings (SSSR count). The Morgan fingerprint density at radius 1 is 1.40 bits per heavy atom. The summed E-state index contributed by atoms with van der Waals surface area (Å²) >= 11 is 0. The predicted molar refractivity (Wildman–Crippen MR) is 72.4 cm³/mol. The molecule has 0 atom stereocenters. The van der Waals surface area contributed by atoms with Crippen LogP contribution in [0.25, 0.3) is 0 Å². The fraction of sp³-hybridized carbons (Fsp3) is 0.462. The Morgan fingerprint density at radius 2 is 1.95 bits per heavy atom. The number of rotatable bonds is 5. The van der Waals surface area contributed by atoms with Crippen molar-refractivity contribution in [3.63, 3.8) is 0 Å². The zero-order valence-corrected chi connectivity index (χ0v) is 12.7. The second-order valence-corrected chi connectivity index (χ2v) is 6.77. The van der Waals surface area contributed by atoms with Gasteiger partial charge in [0.25, 0.3) is 0 Å². The quantitative estimate of drug-likeness (QED) is 0.903. The fourth-order valence-electron chi connectivity index (χ4n) is 1.99. The topological polar surface area (TPSA) is 74.7 Å². The average molecular weight is 303 g/mol. The van der Waals surface area contributed by atoms with Crippen molar-refractivity contribution in [2.24, 2.45) is 0 Å². The summed E-state index contributed by atoms with van der Waals surface area (Å²) < 4.78 is 39.1. The molecule has 0 aliphatic carbocycles. The number of likely N-dealkylation sites (N-methyl/N-ethyl adjacent to an activating group) is 1. The van der Waals surface area contributed by atoms with E-state index in [1.165, 1.54) is 20.8 Å². The maximum atomic E-state index is 13.1. The van der Waals surface area contributed by atoms with E-state index < -0.39 is 27.3 Å². The van der Waals surface area contributed by atoms with Crippen LogP contribution >= 0.6 is 0 Å². The number of hydrogen-bond donors (Lipinski definition) is 1. The van der Waals surface area contributed by atoms with E-state index in [1.54, 1.807) is 6.92 Å². The number of aliphatic carboxylic acids is 1. The molecule has 7 heteroatoms. The van der Waals surface area contributed by atoms with Crippen molar-refractivity contribution in [1.29, 1.82) is 0 Å². The van der Waals surface area contributed by atoms with E-state index in [1.807, 2.05) is 0 Å². The van der Waals surface area contributed by atoms with Gasteiger partial charge in [0.2, 0.25) is 10.0 Å². The van der Waals surface area contributed by atoms with E-state index in [-0.39, 0.29) is 17.0 Å². The fourth-order valence-corrected chi connectivity index (χ4v) is 3.96. The van der Waals surface area contributed by atoms with Crippen LogP contribution in [0.4, 0.5) is 4.39 Å². The molecule has 0 aliphatic heterocycles. The number of nitrogens with zero attached hydrogens (tertiary/aromatic N) is 1. The van der Waals surface area contributed by atoms with Crippen LogP contribution in [0.1, 0.15) is 26.3 Å². The third kappa shape index (κ3) is 2.83. The molecule has 0 saturated carbocycles. The van der Waals surface area contributed by atoms with Crippen LogP contribution in [0, 0.1) is 12.7 Å². The minimum atomic E-state index is -4.02. The van der Waals surface area contributed by atoms with E-state index in [0.29, 0.717) is 0 Å². The second-order valence-electron chi connectivity index (χ2n) is 4.94. The molecule has 1 aromatic rings. The molecule has 0 unspecified atom stereocenters. The molecule has 0 aromatic heterocycles. The van der Waals surface area contributed by atoms with Crippen molar-refractivity contribution in [3.05, 3.63) is 29.6 Å². The molecule has 1 aromatic carbocycles. The van der Waals surface area contributed by atoms with Crippen molar-refractivity contribution in [1.82, 2.24) is 4.31 Å². The zero-order chi connectivity index (χ0) is 15.7. The van der Waals surface area contributed by atoms with Crippen LogP contribution in [0.2, 0.25) is 0 Å². The molecule has 0 amide bonds. The summed E-state index contributed by atoms with van der Waals surface area (Å²) in [5.41, 5.74) is -1.35. The zero-order valence-electron chi connectivity index (χ0n) is 11.8. The normalized spacial score (nSPS) is 12.7. The Morgan fingerprint density at radius 3 is 2.35 bits per heavy atom. The average Bonchev–Trinajstić information content (AvgIpc) is 2.27. The largest absolute Gasteiger partial charge is 0.480 e. The minimum absolute atomic E-state index is 0.00154. The van der Waals surface area contributed by atoms with Gasteiger partial charge in [0.1, 0.15) is 11.4 Å². The van der Waals surface area contributed by atoms with Gasteiger partial charge in [0, 0.05) is 6.54 Å². The van der Waals surface area contributed by atoms with Gasteiger partial charge in [-0.1, -0.05) is 6.92 Å². The lowest BCUT2D eigenvalue weighted by molar-refractivity contribution is -0.146. The Labute approximate surface area is 118 Å². The molecule has 0 fully saturated rings. The number of carbonyl (C=O) groups is 1. The molecule has 5 nitrogen and oxygen atoms in total. The van der Waals surface area contributed by atoms with Crippen LogP contribution in [0.5, 0.6) is 0 Å². The van der Waals surface area contributed by atoms with Crippen LogP contribution in [-0.4, -0.2) is 35.9 Å². The highest BCUT2D eigenvalue weighted by molar-refractivity contribution is 7.89. The summed E-state index contributed by atoms with van der Waals surface area (Å²) in [6.45, 7) is 5.65. The molecule has 0 saturated heterocycles. The molecular formula is C13H18FNO4S. The smallest absolute Gasteiger partial charge is 0.324 e. The summed E-state index contributed by atoms with van der Waals surface area (Å²) in [5.74, 6) is -1.79. The van der Waals surface area contributed by atoms with Crippen LogP contribution in [-0.2, 0) is 14.8 Å². The number of sulfonamides is 1. The molecule has 20 heavy (non-hydrogen) atoms. The number of halogens is 1. The standard InChI is InChI=1S/C13H18FNO4S/c1-5-15(13(3,4)12(16)17)20(18,19)11-7-6-10(14)8-9(11)2/h6-8H,5H2,1-4H3,(H,16,17). The first-order chi connectivity index (χ1) is 9.05. The summed E-state index contributed by atoms with van der Waals surface area (Å²) in [6.07, 6.45) is 0. The first-order valence-electron chi connectivity index (χ1n) is 6.07. The van der Waals surface area contributed by atoms with E-state index in [0.717, 1.165) is 22.5 Å². The summed E-state index contributed by atoms with van der Waals surface area (Å²) in [6, 6.07) is 3.30. The van der Waals surface area contributed by atoms with Gasteiger partial charge < -0.3 is 5.11 Å². The molecule has 0 heterocycles. The van der Waals surface area contributed by atoms with Crippen molar-refractivity contribution < 1.29 is 22.7 Å². The monoisotopic (exact) mass is 303 g/mol. The Balaban J connectivity index is 3.44. The molecule has 0 spiro atoms. The lowest BCUT2D eigenvalue weighted by Gasteiger charge is -2.33. The number of carboxylic acid groups (broad SMARTS) is 1. The summed E-state index contributed by atoms with van der Waals surface area (Å²) in [4.78, 5) is 11.2. The number of benzene rings is 1. The highest BCUT2D eigenvalue weighted by Crippen LogP contribution is 2.27. The van der Waals surface area contributed by atoms with Gasteiger partial charge in [-0.15, -0.1) is 0 Å². The molecule has 0 aliphatic rings. The first-order valence-corrected chi connectivity index (χ1v) is 7.51. The third-order valence-electron chi connectivity index (χ3n) is 3.14. The highest BCUT2D eigenvalue weighted by Gasteiger charge is 2.42. The minimum Gasteiger partial charge on any atom is -0.480 e. The Kier molecular flexibility index (Phi) is 4.55. The predicted octanol–water partition coefficient (Wildman–Crippen LogP) is 2.01. The van der Waals surface area contributed by atoms with Crippen LogP contribution < -0.4 is 0 Å². The SMILES string of the molecule is CCN(C(C)(C)C(=O)O)S(=O)(=O)c1ccc(F)cc1C. The molecule has 1 N–H and O–H groups in total. The highest BCUT2D eigenvalue weighted by atomic mass is 32.2.